The van der Waals surface area contributed by atoms with Gasteiger partial charge in [0, 0.05) is 25.0 Å². The zero-order valence-corrected chi connectivity index (χ0v) is 15.8. The summed E-state index contributed by atoms with van der Waals surface area (Å²) in [6, 6.07) is 17.3. The predicted octanol–water partition coefficient (Wildman–Crippen LogP) is 4.23. The highest BCUT2D eigenvalue weighted by molar-refractivity contribution is 5.44. The van der Waals surface area contributed by atoms with Crippen LogP contribution in [0.5, 0.6) is 11.5 Å². The molecule has 1 saturated heterocycles. The van der Waals surface area contributed by atoms with E-state index >= 15 is 0 Å². The molecule has 0 spiro atoms. The van der Waals surface area contributed by atoms with E-state index in [-0.39, 0.29) is 0 Å². The Bertz CT molecular complexity index is 875. The third-order valence-electron chi connectivity index (χ3n) is 5.25. The van der Waals surface area contributed by atoms with Gasteiger partial charge in [0.2, 0.25) is 0 Å². The fourth-order valence-corrected chi connectivity index (χ4v) is 3.86. The van der Waals surface area contributed by atoms with Crippen LogP contribution in [0, 0.1) is 0 Å². The van der Waals surface area contributed by atoms with E-state index in [4.69, 9.17) is 9.47 Å². The third-order valence-corrected chi connectivity index (χ3v) is 5.25. The molecule has 1 atom stereocenters. The van der Waals surface area contributed by atoms with Gasteiger partial charge >= 0.3 is 0 Å². The molecule has 1 aliphatic rings. The number of benzene rings is 2. The van der Waals surface area contributed by atoms with Crippen LogP contribution in [0.2, 0.25) is 0 Å². The molecule has 27 heavy (non-hydrogen) atoms. The van der Waals surface area contributed by atoms with Crippen molar-refractivity contribution in [1.82, 2.24) is 14.7 Å². The van der Waals surface area contributed by atoms with Crippen LogP contribution in [0.1, 0.15) is 30.0 Å². The topological polar surface area (TPSA) is 39.5 Å². The van der Waals surface area contributed by atoms with Crippen molar-refractivity contribution in [2.24, 2.45) is 0 Å². The molecule has 0 bridgehead atoms. The molecule has 4 rings (SSSR count). The number of aromatic nitrogens is 2. The molecule has 140 valence electrons. The molecule has 1 fully saturated rings. The maximum atomic E-state index is 5.49. The number of nitrogens with zero attached hydrogens (tertiary/aromatic N) is 3. The lowest BCUT2D eigenvalue weighted by molar-refractivity contribution is 0.247. The normalized spacial score (nSPS) is 17.2. The van der Waals surface area contributed by atoms with Gasteiger partial charge in [0.15, 0.2) is 11.5 Å². The Balaban J connectivity index is 1.50. The molecule has 1 aliphatic heterocycles. The van der Waals surface area contributed by atoms with Gasteiger partial charge in [0.05, 0.1) is 19.9 Å². The Kier molecular flexibility index (Phi) is 5.12. The van der Waals surface area contributed by atoms with E-state index in [0.29, 0.717) is 6.04 Å². The molecule has 0 radical (unpaired) electrons. The fourth-order valence-electron chi connectivity index (χ4n) is 3.86. The number of hydrogen-bond acceptors (Lipinski definition) is 4. The third kappa shape index (κ3) is 3.69. The first-order valence-corrected chi connectivity index (χ1v) is 9.33. The largest absolute Gasteiger partial charge is 0.493 e. The number of ether oxygens (including phenoxy) is 2. The first-order chi connectivity index (χ1) is 13.3. The molecule has 2 heterocycles. The second-order valence-electron chi connectivity index (χ2n) is 6.86. The first kappa shape index (κ1) is 17.6. The van der Waals surface area contributed by atoms with Crippen molar-refractivity contribution in [3.05, 3.63) is 72.1 Å². The van der Waals surface area contributed by atoms with E-state index < -0.39 is 0 Å². The second kappa shape index (κ2) is 7.84. The van der Waals surface area contributed by atoms with Gasteiger partial charge in [-0.1, -0.05) is 18.2 Å². The molecule has 0 saturated carbocycles. The van der Waals surface area contributed by atoms with E-state index in [0.717, 1.165) is 30.3 Å². The van der Waals surface area contributed by atoms with Crippen molar-refractivity contribution >= 4 is 0 Å². The van der Waals surface area contributed by atoms with E-state index in [9.17, 15) is 0 Å². The summed E-state index contributed by atoms with van der Waals surface area (Å²) >= 11 is 0. The molecule has 5 nitrogen and oxygen atoms in total. The average Bonchev–Trinajstić information content (AvgIpc) is 3.40. The lowest BCUT2D eigenvalue weighted by atomic mass is 10.0. The van der Waals surface area contributed by atoms with Gasteiger partial charge in [0.25, 0.3) is 0 Å². The summed E-state index contributed by atoms with van der Waals surface area (Å²) in [5.41, 5.74) is 3.69. The Labute approximate surface area is 160 Å². The predicted molar refractivity (Wildman–Crippen MR) is 105 cm³/mol. The highest BCUT2D eigenvalue weighted by atomic mass is 16.5. The second-order valence-corrected chi connectivity index (χ2v) is 6.86. The van der Waals surface area contributed by atoms with E-state index in [1.54, 1.807) is 20.4 Å². The minimum atomic E-state index is 0.413. The molecular formula is C22H25N3O2. The Morgan fingerprint density at radius 2 is 1.85 bits per heavy atom. The van der Waals surface area contributed by atoms with Crippen LogP contribution >= 0.6 is 0 Å². The quantitative estimate of drug-likeness (QED) is 0.657. The van der Waals surface area contributed by atoms with Crippen LogP contribution in [0.3, 0.4) is 0 Å². The first-order valence-electron chi connectivity index (χ1n) is 9.33. The van der Waals surface area contributed by atoms with E-state index in [2.05, 4.69) is 46.4 Å². The summed E-state index contributed by atoms with van der Waals surface area (Å²) in [5.74, 6) is 1.57. The minimum Gasteiger partial charge on any atom is -0.493 e. The summed E-state index contributed by atoms with van der Waals surface area (Å²) in [4.78, 5) is 2.55. The van der Waals surface area contributed by atoms with Crippen LogP contribution in [0.25, 0.3) is 5.69 Å². The van der Waals surface area contributed by atoms with Gasteiger partial charge in [-0.05, 0) is 60.8 Å². The molecule has 0 unspecified atom stereocenters. The van der Waals surface area contributed by atoms with Crippen LogP contribution in [-0.4, -0.2) is 35.4 Å². The highest BCUT2D eigenvalue weighted by Gasteiger charge is 2.26. The Morgan fingerprint density at radius 1 is 1.04 bits per heavy atom. The van der Waals surface area contributed by atoms with Crippen LogP contribution in [0.15, 0.2) is 60.9 Å². The van der Waals surface area contributed by atoms with Gasteiger partial charge in [0.1, 0.15) is 0 Å². The number of rotatable bonds is 6. The number of methoxy groups -OCH3 is 2. The van der Waals surface area contributed by atoms with Gasteiger partial charge in [-0.25, -0.2) is 4.68 Å². The van der Waals surface area contributed by atoms with Crippen molar-refractivity contribution in [2.45, 2.75) is 25.4 Å². The molecule has 3 aromatic rings. The number of likely N-dealkylation sites (tertiary alicyclic amines) is 1. The zero-order chi connectivity index (χ0) is 18.6. The van der Waals surface area contributed by atoms with Crippen molar-refractivity contribution in [2.75, 3.05) is 20.8 Å². The van der Waals surface area contributed by atoms with Gasteiger partial charge in [-0.2, -0.15) is 5.10 Å². The molecular weight excluding hydrogens is 338 g/mol. The standard InChI is InChI=1S/C22H25N3O2/c1-26-21-11-8-18(15-22(21)27-2)20-5-3-13-24(20)16-17-6-9-19(10-7-17)25-14-4-12-23-25/h4,6-12,14-15,20H,3,5,13,16H2,1-2H3/t20-/m0/s1. The SMILES string of the molecule is COc1ccc([C@@H]2CCCN2Cc2ccc(-n3cccn3)cc2)cc1OC. The molecule has 0 aliphatic carbocycles. The maximum absolute atomic E-state index is 5.49. The summed E-state index contributed by atoms with van der Waals surface area (Å²) in [6.45, 7) is 2.05. The van der Waals surface area contributed by atoms with Crippen molar-refractivity contribution in [3.63, 3.8) is 0 Å². The summed E-state index contributed by atoms with van der Waals surface area (Å²) in [7, 11) is 3.36. The summed E-state index contributed by atoms with van der Waals surface area (Å²) in [5, 5.41) is 4.29. The monoisotopic (exact) mass is 363 g/mol. The van der Waals surface area contributed by atoms with Crippen molar-refractivity contribution in [3.8, 4) is 17.2 Å². The molecule has 5 heteroatoms. The average molecular weight is 363 g/mol. The van der Waals surface area contributed by atoms with Gasteiger partial charge in [-0.15, -0.1) is 0 Å². The van der Waals surface area contributed by atoms with Crippen LogP contribution in [0.4, 0.5) is 0 Å². The molecule has 0 N–H and O–H groups in total. The smallest absolute Gasteiger partial charge is 0.161 e. The van der Waals surface area contributed by atoms with Crippen LogP contribution < -0.4 is 9.47 Å². The molecule has 0 amide bonds. The molecule has 2 aromatic carbocycles. The Morgan fingerprint density at radius 3 is 2.56 bits per heavy atom. The maximum Gasteiger partial charge on any atom is 0.161 e. The zero-order valence-electron chi connectivity index (χ0n) is 15.8. The van der Waals surface area contributed by atoms with E-state index in [1.807, 2.05) is 23.0 Å². The van der Waals surface area contributed by atoms with Crippen LogP contribution in [-0.2, 0) is 6.54 Å². The van der Waals surface area contributed by atoms with Gasteiger partial charge in [-0.3, -0.25) is 4.90 Å². The molecule has 1 aromatic heterocycles. The lowest BCUT2D eigenvalue weighted by Gasteiger charge is -2.25. The van der Waals surface area contributed by atoms with Crippen molar-refractivity contribution < 1.29 is 9.47 Å². The van der Waals surface area contributed by atoms with E-state index in [1.165, 1.54) is 24.0 Å². The van der Waals surface area contributed by atoms with Crippen molar-refractivity contribution in [1.29, 1.82) is 0 Å². The minimum absolute atomic E-state index is 0.413. The number of hydrogen-bond donors (Lipinski definition) is 0. The summed E-state index contributed by atoms with van der Waals surface area (Å²) in [6.07, 6.45) is 6.14. The Hall–Kier alpha value is -2.79. The lowest BCUT2D eigenvalue weighted by Crippen LogP contribution is -2.22. The van der Waals surface area contributed by atoms with Gasteiger partial charge < -0.3 is 9.47 Å². The highest BCUT2D eigenvalue weighted by Crippen LogP contribution is 2.37. The fraction of sp³-hybridized carbons (Fsp3) is 0.318. The summed E-state index contributed by atoms with van der Waals surface area (Å²) < 4.78 is 12.7.